The van der Waals surface area contributed by atoms with Crippen molar-refractivity contribution in [2.75, 3.05) is 35.4 Å². The highest BCUT2D eigenvalue weighted by Crippen LogP contribution is 2.49. The van der Waals surface area contributed by atoms with Gasteiger partial charge in [0.05, 0.1) is 38.5 Å². The summed E-state index contributed by atoms with van der Waals surface area (Å²) in [6, 6.07) is 6.67. The maximum absolute atomic E-state index is 15.7. The lowest BCUT2D eigenvalue weighted by Gasteiger charge is -2.31. The number of carbonyl (C=O) groups is 1. The van der Waals surface area contributed by atoms with Crippen LogP contribution >= 0.6 is 11.3 Å². The molecule has 3 aromatic rings. The molecule has 38 heavy (non-hydrogen) atoms. The van der Waals surface area contributed by atoms with E-state index < -0.39 is 15.7 Å². The average molecular weight is 558 g/mol. The zero-order valence-electron chi connectivity index (χ0n) is 21.0. The van der Waals surface area contributed by atoms with E-state index >= 15 is 4.39 Å². The number of benzene rings is 1. The van der Waals surface area contributed by atoms with Crippen LogP contribution in [0.4, 0.5) is 16.0 Å². The van der Waals surface area contributed by atoms with Gasteiger partial charge in [0.2, 0.25) is 11.9 Å². The third-order valence-corrected chi connectivity index (χ3v) is 10.9. The van der Waals surface area contributed by atoms with E-state index in [0.717, 1.165) is 17.8 Å². The number of sulfone groups is 1. The van der Waals surface area contributed by atoms with E-state index in [1.807, 2.05) is 0 Å². The Hall–Kier alpha value is -2.96. The molecule has 12 heteroatoms. The number of rotatable bonds is 6. The molecule has 1 aromatic carbocycles. The molecule has 3 fully saturated rings. The van der Waals surface area contributed by atoms with E-state index in [1.54, 1.807) is 24.4 Å². The van der Waals surface area contributed by atoms with Crippen molar-refractivity contribution in [1.29, 1.82) is 0 Å². The number of nitrogens with one attached hydrogen (secondary N) is 2. The molecule has 3 atom stereocenters. The van der Waals surface area contributed by atoms with Crippen molar-refractivity contribution < 1.29 is 22.3 Å². The Morgan fingerprint density at radius 3 is 2.61 bits per heavy atom. The fourth-order valence-corrected chi connectivity index (χ4v) is 8.91. The average Bonchev–Trinajstić information content (AvgIpc) is 3.21. The Morgan fingerprint density at radius 2 is 1.89 bits per heavy atom. The highest BCUT2D eigenvalue weighted by atomic mass is 32.2. The first kappa shape index (κ1) is 25.3. The largest absolute Gasteiger partial charge is 0.381 e. The van der Waals surface area contributed by atoms with Crippen LogP contribution in [0.15, 0.2) is 30.5 Å². The van der Waals surface area contributed by atoms with Crippen LogP contribution < -0.4 is 10.6 Å². The van der Waals surface area contributed by atoms with Crippen LogP contribution in [-0.2, 0) is 24.8 Å². The van der Waals surface area contributed by atoms with Gasteiger partial charge in [0.25, 0.3) is 0 Å². The Morgan fingerprint density at radius 1 is 1.16 bits per heavy atom. The number of halogens is 1. The summed E-state index contributed by atoms with van der Waals surface area (Å²) in [5.41, 5.74) is 1.21. The summed E-state index contributed by atoms with van der Waals surface area (Å²) in [5.74, 6) is 0.0721. The second-order valence-corrected chi connectivity index (χ2v) is 13.7. The Kier molecular flexibility index (Phi) is 6.23. The first-order valence-corrected chi connectivity index (χ1v) is 15.2. The lowest BCUT2D eigenvalue weighted by Crippen LogP contribution is -2.30. The summed E-state index contributed by atoms with van der Waals surface area (Å²) < 4.78 is 44.9. The van der Waals surface area contributed by atoms with Gasteiger partial charge in [-0.3, -0.25) is 4.79 Å². The molecule has 4 heterocycles. The topological polar surface area (TPSA) is 123 Å². The minimum Gasteiger partial charge on any atom is -0.381 e. The summed E-state index contributed by atoms with van der Waals surface area (Å²) in [5, 5.41) is 6.73. The van der Waals surface area contributed by atoms with Crippen LogP contribution in [0.2, 0.25) is 0 Å². The number of anilines is 2. The third kappa shape index (κ3) is 4.69. The van der Waals surface area contributed by atoms with E-state index in [4.69, 9.17) is 14.7 Å². The summed E-state index contributed by atoms with van der Waals surface area (Å²) in [4.78, 5) is 26.4. The van der Waals surface area contributed by atoms with E-state index in [1.165, 1.54) is 24.3 Å². The molecular formula is C26H28FN5O4S2. The molecule has 0 radical (unpaired) electrons. The minimum atomic E-state index is -2.95. The van der Waals surface area contributed by atoms with Gasteiger partial charge in [0, 0.05) is 43.4 Å². The van der Waals surface area contributed by atoms with Gasteiger partial charge in [0.15, 0.2) is 15.7 Å². The molecule has 6 rings (SSSR count). The SMILES string of the molecule is CC(=O)Nc1cccc(-c2nc(C3(C)CCOCC3)sc2-c2ccnc(NC3[C@H]4CS(=O)(=O)C[C@@H]34)n2)c1F. The lowest BCUT2D eigenvalue weighted by atomic mass is 9.83. The second-order valence-electron chi connectivity index (χ2n) is 10.6. The molecule has 2 saturated heterocycles. The first-order valence-electron chi connectivity index (χ1n) is 12.6. The smallest absolute Gasteiger partial charge is 0.223 e. The van der Waals surface area contributed by atoms with Crippen molar-refractivity contribution in [1.82, 2.24) is 15.0 Å². The number of thiazole rings is 1. The summed E-state index contributed by atoms with van der Waals surface area (Å²) in [6.45, 7) is 4.75. The number of carbonyl (C=O) groups excluding carboxylic acids is 1. The van der Waals surface area contributed by atoms with E-state index in [9.17, 15) is 13.2 Å². The van der Waals surface area contributed by atoms with E-state index in [2.05, 4.69) is 22.5 Å². The number of amides is 1. The van der Waals surface area contributed by atoms with E-state index in [0.29, 0.717) is 35.4 Å². The number of hydrogen-bond acceptors (Lipinski definition) is 9. The van der Waals surface area contributed by atoms with Crippen molar-refractivity contribution >= 4 is 38.7 Å². The summed E-state index contributed by atoms with van der Waals surface area (Å²) in [6.07, 6.45) is 3.25. The van der Waals surface area contributed by atoms with Crippen LogP contribution in [0.1, 0.15) is 31.7 Å². The van der Waals surface area contributed by atoms with Gasteiger partial charge in [0.1, 0.15) is 0 Å². The standard InChI is InChI=1S/C26H28FN5O4S2/c1-14(33)29-18-5-3-4-15(20(18)27)22-23(37-24(31-22)26(2)7-10-36-11-8-26)19-6-9-28-25(30-19)32-21-16-12-38(34,35)13-17(16)21/h3-6,9,16-17,21H,7-8,10-13H2,1-2H3,(H,29,33)(H,28,30,32)/t16-,17+,21?. The Bertz CT molecular complexity index is 1500. The van der Waals surface area contributed by atoms with Crippen LogP contribution in [0.25, 0.3) is 21.8 Å². The fourth-order valence-electron chi connectivity index (χ4n) is 5.44. The molecule has 2 N–H and O–H groups in total. The molecule has 3 aliphatic rings. The second kappa shape index (κ2) is 9.35. The van der Waals surface area contributed by atoms with Crippen molar-refractivity contribution in [3.63, 3.8) is 0 Å². The molecule has 9 nitrogen and oxygen atoms in total. The van der Waals surface area contributed by atoms with Crippen LogP contribution in [-0.4, -0.2) is 60.0 Å². The van der Waals surface area contributed by atoms with Gasteiger partial charge >= 0.3 is 0 Å². The number of aromatic nitrogens is 3. The summed E-state index contributed by atoms with van der Waals surface area (Å²) in [7, 11) is -2.95. The molecule has 1 aliphatic carbocycles. The number of fused-ring (bicyclic) bond motifs is 1. The van der Waals surface area contributed by atoms with Crippen LogP contribution in [0.5, 0.6) is 0 Å². The molecular weight excluding hydrogens is 529 g/mol. The van der Waals surface area contributed by atoms with Gasteiger partial charge in [-0.2, -0.15) is 0 Å². The molecule has 1 saturated carbocycles. The minimum absolute atomic E-state index is 0.0400. The number of ether oxygens (including phenoxy) is 1. The van der Waals surface area contributed by atoms with Gasteiger partial charge in [-0.25, -0.2) is 27.8 Å². The fraction of sp³-hybridized carbons (Fsp3) is 0.462. The lowest BCUT2D eigenvalue weighted by molar-refractivity contribution is -0.114. The van der Waals surface area contributed by atoms with Crippen LogP contribution in [0.3, 0.4) is 0 Å². The van der Waals surface area contributed by atoms with Gasteiger partial charge in [-0.15, -0.1) is 11.3 Å². The maximum Gasteiger partial charge on any atom is 0.223 e. The van der Waals surface area contributed by atoms with Gasteiger partial charge in [-0.1, -0.05) is 13.0 Å². The zero-order valence-corrected chi connectivity index (χ0v) is 22.7. The molecule has 2 aliphatic heterocycles. The molecule has 0 bridgehead atoms. The predicted octanol–water partition coefficient (Wildman–Crippen LogP) is 3.89. The number of hydrogen-bond donors (Lipinski definition) is 2. The maximum atomic E-state index is 15.7. The first-order chi connectivity index (χ1) is 18.1. The Labute approximate surface area is 224 Å². The monoisotopic (exact) mass is 557 g/mol. The number of nitrogens with zero attached hydrogens (tertiary/aromatic N) is 3. The zero-order chi connectivity index (χ0) is 26.7. The van der Waals surface area contributed by atoms with Crippen molar-refractivity contribution in [3.05, 3.63) is 41.3 Å². The van der Waals surface area contributed by atoms with Crippen LogP contribution in [0, 0.1) is 17.7 Å². The quantitative estimate of drug-likeness (QED) is 0.468. The molecule has 1 amide bonds. The highest BCUT2D eigenvalue weighted by molar-refractivity contribution is 7.91. The Balaban J connectivity index is 1.39. The molecule has 200 valence electrons. The molecule has 0 spiro atoms. The highest BCUT2D eigenvalue weighted by Gasteiger charge is 2.59. The molecule has 1 unspecified atom stereocenters. The van der Waals surface area contributed by atoms with E-state index in [-0.39, 0.29) is 52.0 Å². The summed E-state index contributed by atoms with van der Waals surface area (Å²) >= 11 is 1.48. The van der Waals surface area contributed by atoms with Gasteiger partial charge in [-0.05, 0) is 42.9 Å². The molecule has 2 aromatic heterocycles. The van der Waals surface area contributed by atoms with Gasteiger partial charge < -0.3 is 15.4 Å². The van der Waals surface area contributed by atoms with Crippen molar-refractivity contribution in [2.45, 2.75) is 38.1 Å². The normalized spacial score (nSPS) is 25.0. The third-order valence-electron chi connectivity index (χ3n) is 7.71. The predicted molar refractivity (Wildman–Crippen MR) is 143 cm³/mol. The van der Waals surface area contributed by atoms with Crippen molar-refractivity contribution in [2.24, 2.45) is 11.8 Å². The van der Waals surface area contributed by atoms with Crippen molar-refractivity contribution in [3.8, 4) is 21.8 Å².